The molecule has 84 valence electrons. The summed E-state index contributed by atoms with van der Waals surface area (Å²) in [7, 11) is 0. The van der Waals surface area contributed by atoms with Gasteiger partial charge >= 0.3 is 0 Å². The maximum atomic E-state index is 13.0. The lowest BCUT2D eigenvalue weighted by Gasteiger charge is -2.12. The summed E-state index contributed by atoms with van der Waals surface area (Å²) in [6.07, 6.45) is 0. The SMILES string of the molecule is OCC(CO)COc1cccc(F)c1F. The first-order valence-corrected chi connectivity index (χ1v) is 4.47. The number of aliphatic hydroxyl groups is 2. The summed E-state index contributed by atoms with van der Waals surface area (Å²) in [5.74, 6) is -2.77. The van der Waals surface area contributed by atoms with Crippen molar-refractivity contribution in [1.82, 2.24) is 0 Å². The lowest BCUT2D eigenvalue weighted by Crippen LogP contribution is -2.20. The first-order valence-electron chi connectivity index (χ1n) is 4.47. The van der Waals surface area contributed by atoms with Gasteiger partial charge in [0.25, 0.3) is 0 Å². The lowest BCUT2D eigenvalue weighted by molar-refractivity contribution is 0.104. The molecule has 1 rings (SSSR count). The van der Waals surface area contributed by atoms with Crippen LogP contribution < -0.4 is 4.74 Å². The minimum Gasteiger partial charge on any atom is -0.490 e. The van der Waals surface area contributed by atoms with Gasteiger partial charge in [-0.1, -0.05) is 6.07 Å². The van der Waals surface area contributed by atoms with Gasteiger partial charge in [0, 0.05) is 5.92 Å². The van der Waals surface area contributed by atoms with Crippen LogP contribution >= 0.6 is 0 Å². The molecule has 0 atom stereocenters. The van der Waals surface area contributed by atoms with Crippen LogP contribution in [0.15, 0.2) is 18.2 Å². The van der Waals surface area contributed by atoms with Gasteiger partial charge in [0.2, 0.25) is 5.82 Å². The zero-order chi connectivity index (χ0) is 11.3. The Kier molecular flexibility index (Phi) is 4.45. The van der Waals surface area contributed by atoms with E-state index >= 15 is 0 Å². The quantitative estimate of drug-likeness (QED) is 0.773. The molecule has 2 N–H and O–H groups in total. The Morgan fingerprint density at radius 3 is 2.47 bits per heavy atom. The smallest absolute Gasteiger partial charge is 0.200 e. The molecule has 3 nitrogen and oxygen atoms in total. The van der Waals surface area contributed by atoms with E-state index in [1.54, 1.807) is 0 Å². The average Bonchev–Trinajstić information content (AvgIpc) is 2.25. The van der Waals surface area contributed by atoms with E-state index in [1.165, 1.54) is 12.1 Å². The third kappa shape index (κ3) is 3.14. The van der Waals surface area contributed by atoms with E-state index in [2.05, 4.69) is 0 Å². The molecule has 0 radical (unpaired) electrons. The molecule has 0 aliphatic rings. The van der Waals surface area contributed by atoms with Crippen molar-refractivity contribution >= 4 is 0 Å². The summed E-state index contributed by atoms with van der Waals surface area (Å²) < 4.78 is 30.7. The highest BCUT2D eigenvalue weighted by atomic mass is 19.2. The summed E-state index contributed by atoms with van der Waals surface area (Å²) in [6, 6.07) is 3.59. The van der Waals surface area contributed by atoms with Crippen LogP contribution in [0.3, 0.4) is 0 Å². The molecule has 15 heavy (non-hydrogen) atoms. The van der Waals surface area contributed by atoms with Gasteiger partial charge < -0.3 is 14.9 Å². The van der Waals surface area contributed by atoms with E-state index in [4.69, 9.17) is 14.9 Å². The third-order valence-electron chi connectivity index (χ3n) is 1.91. The summed E-state index contributed by atoms with van der Waals surface area (Å²) >= 11 is 0. The zero-order valence-electron chi connectivity index (χ0n) is 7.99. The van der Waals surface area contributed by atoms with E-state index in [0.29, 0.717) is 0 Å². The highest BCUT2D eigenvalue weighted by Gasteiger charge is 2.11. The van der Waals surface area contributed by atoms with Crippen LogP contribution in [0, 0.1) is 17.6 Å². The number of hydrogen-bond acceptors (Lipinski definition) is 3. The fourth-order valence-corrected chi connectivity index (χ4v) is 0.966. The second-order valence-corrected chi connectivity index (χ2v) is 3.09. The van der Waals surface area contributed by atoms with Crippen molar-refractivity contribution in [1.29, 1.82) is 0 Å². The molecule has 1 aromatic rings. The highest BCUT2D eigenvalue weighted by molar-refractivity contribution is 5.24. The maximum absolute atomic E-state index is 13.0. The van der Waals surface area contributed by atoms with E-state index < -0.39 is 17.6 Å². The van der Waals surface area contributed by atoms with Gasteiger partial charge in [0.1, 0.15) is 0 Å². The molecule has 0 fully saturated rings. The molecule has 0 aromatic heterocycles. The van der Waals surface area contributed by atoms with Gasteiger partial charge in [-0.15, -0.1) is 0 Å². The predicted octanol–water partition coefficient (Wildman–Crippen LogP) is 0.944. The van der Waals surface area contributed by atoms with Crippen molar-refractivity contribution in [3.63, 3.8) is 0 Å². The Hall–Kier alpha value is -1.20. The number of aliphatic hydroxyl groups excluding tert-OH is 2. The third-order valence-corrected chi connectivity index (χ3v) is 1.91. The van der Waals surface area contributed by atoms with Crippen molar-refractivity contribution in [2.75, 3.05) is 19.8 Å². The second kappa shape index (κ2) is 5.63. The van der Waals surface area contributed by atoms with Crippen molar-refractivity contribution in [3.05, 3.63) is 29.8 Å². The minimum atomic E-state index is -1.06. The van der Waals surface area contributed by atoms with Gasteiger partial charge in [-0.05, 0) is 12.1 Å². The first-order chi connectivity index (χ1) is 7.19. The Morgan fingerprint density at radius 2 is 1.87 bits per heavy atom. The van der Waals surface area contributed by atoms with E-state index in [1.807, 2.05) is 0 Å². The molecule has 5 heteroatoms. The van der Waals surface area contributed by atoms with Gasteiger partial charge in [-0.2, -0.15) is 4.39 Å². The van der Waals surface area contributed by atoms with Gasteiger partial charge in [0.05, 0.1) is 19.8 Å². The Labute approximate surface area is 85.9 Å². The predicted molar refractivity (Wildman–Crippen MR) is 49.5 cm³/mol. The zero-order valence-corrected chi connectivity index (χ0v) is 7.99. The van der Waals surface area contributed by atoms with E-state index in [0.717, 1.165) is 6.07 Å². The largest absolute Gasteiger partial charge is 0.490 e. The van der Waals surface area contributed by atoms with Gasteiger partial charge in [-0.3, -0.25) is 0 Å². The molecular formula is C10H12F2O3. The molecule has 0 saturated carbocycles. The molecule has 0 unspecified atom stereocenters. The molecule has 0 heterocycles. The highest BCUT2D eigenvalue weighted by Crippen LogP contribution is 2.19. The van der Waals surface area contributed by atoms with Gasteiger partial charge in [-0.25, -0.2) is 4.39 Å². The number of rotatable bonds is 5. The Balaban J connectivity index is 2.61. The molecule has 0 saturated heterocycles. The van der Waals surface area contributed by atoms with Crippen LogP contribution in [0.25, 0.3) is 0 Å². The van der Waals surface area contributed by atoms with Crippen molar-refractivity contribution < 1.29 is 23.7 Å². The second-order valence-electron chi connectivity index (χ2n) is 3.09. The topological polar surface area (TPSA) is 49.7 Å². The maximum Gasteiger partial charge on any atom is 0.200 e. The molecule has 1 aromatic carbocycles. The average molecular weight is 218 g/mol. The normalized spacial score (nSPS) is 10.7. The lowest BCUT2D eigenvalue weighted by atomic mass is 10.2. The van der Waals surface area contributed by atoms with E-state index in [9.17, 15) is 8.78 Å². The Morgan fingerprint density at radius 1 is 1.20 bits per heavy atom. The summed E-state index contributed by atoms with van der Waals surface area (Å²) in [6.45, 7) is -0.603. The number of ether oxygens (including phenoxy) is 1. The standard InChI is InChI=1S/C10H12F2O3/c11-8-2-1-3-9(10(8)12)15-6-7(4-13)5-14/h1-3,7,13-14H,4-6H2. The number of hydrogen-bond donors (Lipinski definition) is 2. The van der Waals surface area contributed by atoms with Crippen molar-refractivity contribution in [3.8, 4) is 5.75 Å². The number of halogens is 2. The fraction of sp³-hybridized carbons (Fsp3) is 0.400. The summed E-state index contributed by atoms with van der Waals surface area (Å²) in [5, 5.41) is 17.4. The molecule has 0 bridgehead atoms. The van der Waals surface area contributed by atoms with Crippen LogP contribution in [0.5, 0.6) is 5.75 Å². The van der Waals surface area contributed by atoms with Crippen LogP contribution in [-0.2, 0) is 0 Å². The molecule has 0 aliphatic heterocycles. The van der Waals surface area contributed by atoms with Crippen LogP contribution in [-0.4, -0.2) is 30.0 Å². The summed E-state index contributed by atoms with van der Waals surface area (Å²) in [5.41, 5.74) is 0. The van der Waals surface area contributed by atoms with Crippen molar-refractivity contribution in [2.45, 2.75) is 0 Å². The van der Waals surface area contributed by atoms with Gasteiger partial charge in [0.15, 0.2) is 11.6 Å². The van der Waals surface area contributed by atoms with Crippen LogP contribution in [0.2, 0.25) is 0 Å². The van der Waals surface area contributed by atoms with Crippen molar-refractivity contribution in [2.24, 2.45) is 5.92 Å². The minimum absolute atomic E-state index is 0.0621. The monoisotopic (exact) mass is 218 g/mol. The fourth-order valence-electron chi connectivity index (χ4n) is 0.966. The van der Waals surface area contributed by atoms with E-state index in [-0.39, 0.29) is 25.6 Å². The molecule has 0 aliphatic carbocycles. The molecular weight excluding hydrogens is 206 g/mol. The number of benzene rings is 1. The van der Waals surface area contributed by atoms with Crippen LogP contribution in [0.4, 0.5) is 8.78 Å². The first kappa shape index (κ1) is 11.9. The molecule has 0 amide bonds. The van der Waals surface area contributed by atoms with Crippen LogP contribution in [0.1, 0.15) is 0 Å². The molecule has 0 spiro atoms. The summed E-state index contributed by atoms with van der Waals surface area (Å²) in [4.78, 5) is 0. The Bertz CT molecular complexity index is 314.